The summed E-state index contributed by atoms with van der Waals surface area (Å²) >= 11 is 0. The van der Waals surface area contributed by atoms with Crippen LogP contribution < -0.4 is 4.90 Å². The number of anilines is 3. The lowest BCUT2D eigenvalue weighted by Gasteiger charge is -2.32. The van der Waals surface area contributed by atoms with Gasteiger partial charge in [0.15, 0.2) is 0 Å². The minimum atomic E-state index is -0.453. The molecule has 2 aromatic heterocycles. The van der Waals surface area contributed by atoms with Crippen LogP contribution in [-0.2, 0) is 5.41 Å². The van der Waals surface area contributed by atoms with E-state index < -0.39 is 5.41 Å². The number of fused-ring (bicyclic) bond motifs is 16. The van der Waals surface area contributed by atoms with Crippen LogP contribution >= 0.6 is 0 Å². The molecule has 12 aromatic rings. The lowest BCUT2D eigenvalue weighted by Crippen LogP contribution is -2.26. The van der Waals surface area contributed by atoms with Gasteiger partial charge in [-0.1, -0.05) is 176 Å². The van der Waals surface area contributed by atoms with Crippen LogP contribution in [0.3, 0.4) is 0 Å². The second-order valence-electron chi connectivity index (χ2n) is 17.1. The molecule has 1 spiro atoms. The van der Waals surface area contributed by atoms with Gasteiger partial charge in [0.1, 0.15) is 22.3 Å². The Morgan fingerprint density at radius 3 is 1.14 bits per heavy atom. The molecule has 0 aliphatic heterocycles. The van der Waals surface area contributed by atoms with Gasteiger partial charge in [-0.3, -0.25) is 0 Å². The topological polar surface area (TPSA) is 29.5 Å². The molecular weight excluding hydrogens is 779 g/mol. The van der Waals surface area contributed by atoms with Gasteiger partial charge >= 0.3 is 0 Å². The van der Waals surface area contributed by atoms with E-state index in [1.807, 2.05) is 24.3 Å². The fraction of sp³-hybridized carbons (Fsp3) is 0.0164. The normalized spacial score (nSPS) is 13.1. The molecular formula is C61H37NO2. The van der Waals surface area contributed by atoms with Gasteiger partial charge in [0.25, 0.3) is 0 Å². The summed E-state index contributed by atoms with van der Waals surface area (Å²) in [5, 5.41) is 4.51. The molecule has 0 unspecified atom stereocenters. The van der Waals surface area contributed by atoms with E-state index in [1.165, 1.54) is 44.5 Å². The highest BCUT2D eigenvalue weighted by Gasteiger charge is 2.51. The predicted octanol–water partition coefficient (Wildman–Crippen LogP) is 16.6. The molecule has 0 saturated carbocycles. The molecule has 10 aromatic carbocycles. The first kappa shape index (κ1) is 35.2. The largest absolute Gasteiger partial charge is 0.455 e. The van der Waals surface area contributed by atoms with Crippen molar-refractivity contribution < 1.29 is 8.83 Å². The molecule has 0 atom stereocenters. The van der Waals surface area contributed by atoms with Crippen LogP contribution in [0.1, 0.15) is 22.3 Å². The molecule has 0 amide bonds. The van der Waals surface area contributed by atoms with E-state index >= 15 is 0 Å². The van der Waals surface area contributed by atoms with Crippen molar-refractivity contribution in [3.8, 4) is 44.5 Å². The van der Waals surface area contributed by atoms with Gasteiger partial charge in [0.05, 0.1) is 5.41 Å². The summed E-state index contributed by atoms with van der Waals surface area (Å²) < 4.78 is 13.0. The van der Waals surface area contributed by atoms with Crippen LogP contribution in [0.2, 0.25) is 0 Å². The Morgan fingerprint density at radius 1 is 0.281 bits per heavy atom. The number of hydrogen-bond donors (Lipinski definition) is 0. The van der Waals surface area contributed by atoms with Crippen LogP contribution in [0.5, 0.6) is 0 Å². The number of benzene rings is 10. The zero-order chi connectivity index (χ0) is 41.9. The van der Waals surface area contributed by atoms with Crippen molar-refractivity contribution in [1.29, 1.82) is 0 Å². The highest BCUT2D eigenvalue weighted by molar-refractivity contribution is 6.11. The van der Waals surface area contributed by atoms with Crippen molar-refractivity contribution in [3.63, 3.8) is 0 Å². The average molecular weight is 816 g/mol. The summed E-state index contributed by atoms with van der Waals surface area (Å²) in [5.41, 5.74) is 21.2. The zero-order valence-corrected chi connectivity index (χ0v) is 34.6. The van der Waals surface area contributed by atoms with E-state index in [0.29, 0.717) is 0 Å². The molecule has 0 N–H and O–H groups in total. The molecule has 14 rings (SSSR count). The molecule has 2 aliphatic carbocycles. The summed E-state index contributed by atoms with van der Waals surface area (Å²) in [6.07, 6.45) is 0. The number of rotatable bonds is 5. The van der Waals surface area contributed by atoms with Crippen molar-refractivity contribution in [2.75, 3.05) is 4.90 Å². The van der Waals surface area contributed by atoms with Crippen molar-refractivity contribution in [2.24, 2.45) is 0 Å². The smallest absolute Gasteiger partial charge is 0.143 e. The number of nitrogens with zero attached hydrogens (tertiary/aromatic N) is 1. The van der Waals surface area contributed by atoms with Crippen molar-refractivity contribution in [1.82, 2.24) is 0 Å². The molecule has 298 valence electrons. The quantitative estimate of drug-likeness (QED) is 0.173. The Kier molecular flexibility index (Phi) is 7.32. The third-order valence-corrected chi connectivity index (χ3v) is 13.9. The molecule has 2 heterocycles. The lowest BCUT2D eigenvalue weighted by molar-refractivity contribution is 0.669. The third-order valence-electron chi connectivity index (χ3n) is 13.9. The van der Waals surface area contributed by atoms with Crippen LogP contribution in [0.25, 0.3) is 88.4 Å². The van der Waals surface area contributed by atoms with Gasteiger partial charge in [-0.2, -0.15) is 0 Å². The van der Waals surface area contributed by atoms with E-state index in [1.54, 1.807) is 0 Å². The zero-order valence-electron chi connectivity index (χ0n) is 34.6. The van der Waals surface area contributed by atoms with Gasteiger partial charge in [0, 0.05) is 49.7 Å². The summed E-state index contributed by atoms with van der Waals surface area (Å²) in [6.45, 7) is 0. The fourth-order valence-corrected chi connectivity index (χ4v) is 11.2. The first-order valence-electron chi connectivity index (χ1n) is 22.0. The number of furan rings is 2. The second kappa shape index (κ2) is 13.3. The van der Waals surface area contributed by atoms with Gasteiger partial charge in [-0.15, -0.1) is 0 Å². The Balaban J connectivity index is 0.954. The highest BCUT2D eigenvalue weighted by Crippen LogP contribution is 2.63. The molecule has 0 fully saturated rings. The first-order chi connectivity index (χ1) is 31.7. The first-order valence-corrected chi connectivity index (χ1v) is 22.0. The van der Waals surface area contributed by atoms with Crippen LogP contribution in [0.15, 0.2) is 233 Å². The van der Waals surface area contributed by atoms with Crippen molar-refractivity contribution >= 4 is 60.9 Å². The van der Waals surface area contributed by atoms with Crippen molar-refractivity contribution in [3.05, 3.63) is 247 Å². The fourth-order valence-electron chi connectivity index (χ4n) is 11.2. The third kappa shape index (κ3) is 4.81. The second-order valence-corrected chi connectivity index (χ2v) is 17.1. The van der Waals surface area contributed by atoms with Gasteiger partial charge < -0.3 is 13.7 Å². The molecule has 3 heteroatoms. The summed E-state index contributed by atoms with van der Waals surface area (Å²) in [6, 6.07) is 81.5. The Bertz CT molecular complexity index is 3630. The van der Waals surface area contributed by atoms with Crippen LogP contribution in [0, 0.1) is 0 Å². The summed E-state index contributed by atoms with van der Waals surface area (Å²) in [4.78, 5) is 2.40. The Morgan fingerprint density at radius 2 is 0.656 bits per heavy atom. The van der Waals surface area contributed by atoms with Gasteiger partial charge in [-0.25, -0.2) is 0 Å². The lowest BCUT2D eigenvalue weighted by atomic mass is 9.70. The Labute approximate surface area is 369 Å². The minimum absolute atomic E-state index is 0.453. The van der Waals surface area contributed by atoms with E-state index in [4.69, 9.17) is 8.83 Å². The van der Waals surface area contributed by atoms with E-state index in [-0.39, 0.29) is 0 Å². The highest BCUT2D eigenvalue weighted by atomic mass is 16.3. The summed E-state index contributed by atoms with van der Waals surface area (Å²) in [5.74, 6) is 0. The molecule has 3 nitrogen and oxygen atoms in total. The van der Waals surface area contributed by atoms with E-state index in [0.717, 1.165) is 83.2 Å². The minimum Gasteiger partial charge on any atom is -0.455 e. The molecule has 0 saturated heterocycles. The summed E-state index contributed by atoms with van der Waals surface area (Å²) in [7, 11) is 0. The monoisotopic (exact) mass is 815 g/mol. The SMILES string of the molecule is c1ccc2c(c1)-c1ccccc1C21c2ccccc2-c2ccc(N(c3ccc(-c4cccc5c4oc4ccccc45)cc3)c3ccc(-c4cccc5c4oc4ccccc45)cc3)cc21. The maximum absolute atomic E-state index is 6.49. The van der Waals surface area contributed by atoms with Gasteiger partial charge in [0.2, 0.25) is 0 Å². The van der Waals surface area contributed by atoms with Crippen LogP contribution in [-0.4, -0.2) is 0 Å². The maximum atomic E-state index is 6.49. The van der Waals surface area contributed by atoms with E-state index in [2.05, 4.69) is 205 Å². The predicted molar refractivity (Wildman–Crippen MR) is 263 cm³/mol. The van der Waals surface area contributed by atoms with E-state index in [9.17, 15) is 0 Å². The maximum Gasteiger partial charge on any atom is 0.143 e. The molecule has 64 heavy (non-hydrogen) atoms. The van der Waals surface area contributed by atoms with Crippen LogP contribution in [0.4, 0.5) is 17.1 Å². The van der Waals surface area contributed by atoms with Crippen molar-refractivity contribution in [2.45, 2.75) is 5.41 Å². The molecule has 0 bridgehead atoms. The molecule has 2 aliphatic rings. The number of hydrogen-bond acceptors (Lipinski definition) is 3. The molecule has 0 radical (unpaired) electrons. The number of para-hydroxylation sites is 4. The standard InChI is InChI=1S/C61H37NO2/c1-6-22-53-45(13-1)46-14-2-7-23-54(46)61(53)55-24-8-3-15-47(55)48-36-35-42(37-56(48)61)62(40-31-27-38(28-32-40)43-18-11-20-51-49-16-4-9-25-57(49)63-59(43)51)41-33-29-39(30-34-41)44-19-12-21-52-50-17-5-10-26-58(50)64-60(44)52/h1-37H. The Hall–Kier alpha value is -8.40. The average Bonchev–Trinajstić information content (AvgIpc) is 4.10. The van der Waals surface area contributed by atoms with Gasteiger partial charge in [-0.05, 0) is 104 Å².